The maximum Gasteiger partial charge on any atom is 0.232 e. The normalized spacial score (nSPS) is 16.2. The summed E-state index contributed by atoms with van der Waals surface area (Å²) in [5, 5.41) is 12.6. The van der Waals surface area contributed by atoms with Crippen LogP contribution in [0, 0.1) is 11.3 Å². The van der Waals surface area contributed by atoms with Crippen molar-refractivity contribution >= 4 is 5.88 Å². The molecule has 2 heterocycles. The first-order valence-corrected chi connectivity index (χ1v) is 8.74. The molecular formula is C19H24N4O2. The van der Waals surface area contributed by atoms with Gasteiger partial charge in [0.1, 0.15) is 11.8 Å². The van der Waals surface area contributed by atoms with Gasteiger partial charge in [0.05, 0.1) is 7.11 Å². The number of anilines is 1. The number of methoxy groups -OCH3 is 1. The highest BCUT2D eigenvalue weighted by molar-refractivity contribution is 5.60. The number of nitrogens with one attached hydrogen (secondary N) is 1. The molecule has 1 aromatic carbocycles. The maximum absolute atomic E-state index is 9.35. The number of hydrogen-bond donors (Lipinski definition) is 1. The van der Waals surface area contributed by atoms with Gasteiger partial charge >= 0.3 is 0 Å². The second-order valence-corrected chi connectivity index (χ2v) is 6.37. The summed E-state index contributed by atoms with van der Waals surface area (Å²) in [5.74, 6) is 1.58. The van der Waals surface area contributed by atoms with Gasteiger partial charge in [-0.1, -0.05) is 12.5 Å². The largest absolute Gasteiger partial charge is 0.497 e. The van der Waals surface area contributed by atoms with Crippen LogP contribution in [0.15, 0.2) is 28.7 Å². The van der Waals surface area contributed by atoms with Crippen molar-refractivity contribution in [3.05, 3.63) is 30.0 Å². The van der Waals surface area contributed by atoms with Crippen LogP contribution in [0.1, 0.15) is 31.9 Å². The summed E-state index contributed by atoms with van der Waals surface area (Å²) in [5.41, 5.74) is 1.07. The Morgan fingerprint density at radius 1 is 1.36 bits per heavy atom. The molecule has 3 rings (SSSR count). The zero-order valence-electron chi connectivity index (χ0n) is 14.8. The number of nitriles is 1. The molecule has 132 valence electrons. The monoisotopic (exact) mass is 340 g/mol. The number of aromatic nitrogens is 1. The van der Waals surface area contributed by atoms with Crippen LogP contribution in [0.25, 0.3) is 11.5 Å². The van der Waals surface area contributed by atoms with Crippen molar-refractivity contribution in [2.24, 2.45) is 0 Å². The zero-order chi connectivity index (χ0) is 17.6. The quantitative estimate of drug-likeness (QED) is 0.867. The molecule has 1 aliphatic heterocycles. The minimum atomic E-state index is 0.281. The van der Waals surface area contributed by atoms with E-state index in [0.29, 0.717) is 17.8 Å². The van der Waals surface area contributed by atoms with Crippen molar-refractivity contribution in [3.8, 4) is 23.3 Å². The van der Waals surface area contributed by atoms with E-state index in [1.165, 1.54) is 19.3 Å². The molecule has 25 heavy (non-hydrogen) atoms. The van der Waals surface area contributed by atoms with Crippen LogP contribution >= 0.6 is 0 Å². The minimum absolute atomic E-state index is 0.281. The van der Waals surface area contributed by atoms with E-state index in [4.69, 9.17) is 9.15 Å². The van der Waals surface area contributed by atoms with Crippen molar-refractivity contribution in [1.82, 2.24) is 9.88 Å². The molecule has 1 aromatic heterocycles. The minimum Gasteiger partial charge on any atom is -0.497 e. The molecule has 1 fully saturated rings. The maximum atomic E-state index is 9.35. The number of nitrogens with zero attached hydrogens (tertiary/aromatic N) is 3. The van der Waals surface area contributed by atoms with Crippen molar-refractivity contribution in [2.45, 2.75) is 32.2 Å². The highest BCUT2D eigenvalue weighted by atomic mass is 16.5. The fraction of sp³-hybridized carbons (Fsp3) is 0.474. The Morgan fingerprint density at radius 3 is 2.88 bits per heavy atom. The first-order valence-electron chi connectivity index (χ1n) is 8.74. The zero-order valence-corrected chi connectivity index (χ0v) is 14.8. The van der Waals surface area contributed by atoms with Crippen molar-refractivity contribution < 1.29 is 9.15 Å². The standard InChI is InChI=1S/C19H24N4O2/c1-14(23-9-4-3-5-10-23)13-21-19-17(12-20)22-18(25-19)15-7-6-8-16(11-15)24-2/h6-8,11,14,21H,3-5,9-10,13H2,1-2H3/t14-/m1/s1. The molecule has 0 radical (unpaired) electrons. The van der Waals surface area contributed by atoms with Gasteiger partial charge in [-0.3, -0.25) is 4.90 Å². The van der Waals surface area contributed by atoms with Crippen LogP contribution in [0.3, 0.4) is 0 Å². The van der Waals surface area contributed by atoms with E-state index in [1.807, 2.05) is 24.3 Å². The van der Waals surface area contributed by atoms with Gasteiger partial charge in [0, 0.05) is 18.2 Å². The first kappa shape index (κ1) is 17.3. The summed E-state index contributed by atoms with van der Waals surface area (Å²) in [7, 11) is 1.62. The lowest BCUT2D eigenvalue weighted by atomic mass is 10.1. The fourth-order valence-electron chi connectivity index (χ4n) is 3.12. The summed E-state index contributed by atoms with van der Waals surface area (Å²) >= 11 is 0. The summed E-state index contributed by atoms with van der Waals surface area (Å²) in [6, 6.07) is 9.95. The molecule has 1 aliphatic rings. The molecule has 0 spiro atoms. The molecule has 1 atom stereocenters. The number of likely N-dealkylation sites (tertiary alicyclic amines) is 1. The molecule has 1 saturated heterocycles. The lowest BCUT2D eigenvalue weighted by molar-refractivity contribution is 0.180. The lowest BCUT2D eigenvalue weighted by Crippen LogP contribution is -2.41. The van der Waals surface area contributed by atoms with Crippen LogP contribution in [-0.4, -0.2) is 42.7 Å². The molecule has 0 unspecified atom stereocenters. The summed E-state index contributed by atoms with van der Waals surface area (Å²) in [6.45, 7) is 5.20. The highest BCUT2D eigenvalue weighted by Crippen LogP contribution is 2.27. The van der Waals surface area contributed by atoms with Crippen LogP contribution in [0.2, 0.25) is 0 Å². The summed E-state index contributed by atoms with van der Waals surface area (Å²) < 4.78 is 11.0. The second-order valence-electron chi connectivity index (χ2n) is 6.37. The van der Waals surface area contributed by atoms with Crippen LogP contribution in [0.4, 0.5) is 5.88 Å². The average molecular weight is 340 g/mol. The molecule has 0 saturated carbocycles. The number of hydrogen-bond acceptors (Lipinski definition) is 6. The molecule has 1 N–H and O–H groups in total. The van der Waals surface area contributed by atoms with Gasteiger partial charge in [-0.25, -0.2) is 0 Å². The highest BCUT2D eigenvalue weighted by Gasteiger charge is 2.19. The SMILES string of the molecule is COc1cccc(-c2nc(C#N)c(NC[C@@H](C)N3CCCCC3)o2)c1. The molecule has 2 aromatic rings. The average Bonchev–Trinajstić information content (AvgIpc) is 3.10. The van der Waals surface area contributed by atoms with E-state index in [0.717, 1.165) is 30.9 Å². The molecule has 0 bridgehead atoms. The third-order valence-corrected chi connectivity index (χ3v) is 4.62. The molecule has 0 aliphatic carbocycles. The van der Waals surface area contributed by atoms with Gasteiger partial charge in [-0.15, -0.1) is 0 Å². The number of oxazole rings is 1. The van der Waals surface area contributed by atoms with Gasteiger partial charge < -0.3 is 14.5 Å². The number of rotatable bonds is 6. The molecule has 6 nitrogen and oxygen atoms in total. The van der Waals surface area contributed by atoms with Gasteiger partial charge in [0.25, 0.3) is 0 Å². The summed E-state index contributed by atoms with van der Waals surface area (Å²) in [4.78, 5) is 6.78. The van der Waals surface area contributed by atoms with E-state index in [1.54, 1.807) is 7.11 Å². The summed E-state index contributed by atoms with van der Waals surface area (Å²) in [6.07, 6.45) is 3.84. The smallest absolute Gasteiger partial charge is 0.232 e. The Kier molecular flexibility index (Phi) is 5.56. The Bertz CT molecular complexity index is 744. The van der Waals surface area contributed by atoms with E-state index in [9.17, 15) is 5.26 Å². The van der Waals surface area contributed by atoms with Crippen molar-refractivity contribution in [1.29, 1.82) is 5.26 Å². The van der Waals surface area contributed by atoms with Crippen LogP contribution in [-0.2, 0) is 0 Å². The van der Waals surface area contributed by atoms with E-state index < -0.39 is 0 Å². The van der Waals surface area contributed by atoms with Crippen LogP contribution in [0.5, 0.6) is 5.75 Å². The predicted molar refractivity (Wildman–Crippen MR) is 96.6 cm³/mol. The Morgan fingerprint density at radius 2 is 2.16 bits per heavy atom. The number of benzene rings is 1. The fourth-order valence-corrected chi connectivity index (χ4v) is 3.12. The van der Waals surface area contributed by atoms with E-state index >= 15 is 0 Å². The second kappa shape index (κ2) is 8.04. The number of ether oxygens (including phenoxy) is 1. The third-order valence-electron chi connectivity index (χ3n) is 4.62. The first-order chi connectivity index (χ1) is 12.2. The molecular weight excluding hydrogens is 316 g/mol. The van der Waals surface area contributed by atoms with E-state index in [-0.39, 0.29) is 5.69 Å². The Balaban J connectivity index is 1.71. The third kappa shape index (κ3) is 4.12. The van der Waals surface area contributed by atoms with Gasteiger partial charge in [0.2, 0.25) is 17.5 Å². The van der Waals surface area contributed by atoms with Gasteiger partial charge in [-0.2, -0.15) is 10.2 Å². The van der Waals surface area contributed by atoms with Crippen molar-refractivity contribution in [2.75, 3.05) is 32.1 Å². The Hall–Kier alpha value is -2.52. The molecule has 6 heteroatoms. The number of piperidine rings is 1. The molecule has 0 amide bonds. The van der Waals surface area contributed by atoms with Gasteiger partial charge in [0.15, 0.2) is 0 Å². The van der Waals surface area contributed by atoms with Gasteiger partial charge in [-0.05, 0) is 51.1 Å². The topological polar surface area (TPSA) is 74.3 Å². The predicted octanol–water partition coefficient (Wildman–Crippen LogP) is 3.51. The van der Waals surface area contributed by atoms with Crippen molar-refractivity contribution in [3.63, 3.8) is 0 Å². The van der Waals surface area contributed by atoms with Crippen LogP contribution < -0.4 is 10.1 Å². The van der Waals surface area contributed by atoms with E-state index in [2.05, 4.69) is 28.2 Å². The lowest BCUT2D eigenvalue weighted by Gasteiger charge is -2.32. The Labute approximate surface area is 148 Å².